The average molecular weight is 407 g/mol. The van der Waals surface area contributed by atoms with Gasteiger partial charge in [0.1, 0.15) is 17.2 Å². The molecule has 0 aromatic heterocycles. The third-order valence-corrected chi connectivity index (χ3v) is 5.54. The molecule has 0 bridgehead atoms. The molecule has 0 radical (unpaired) electrons. The van der Waals surface area contributed by atoms with Gasteiger partial charge in [-0.25, -0.2) is 0 Å². The maximum absolute atomic E-state index is 11.2. The largest absolute Gasteiger partial charge is 0.508 e. The van der Waals surface area contributed by atoms with Gasteiger partial charge in [0.2, 0.25) is 0 Å². The predicted octanol–water partition coefficient (Wildman–Crippen LogP) is 6.11. The zero-order valence-electron chi connectivity index (χ0n) is 16.4. The molecule has 6 heteroatoms. The maximum Gasteiger partial charge on any atom is 0.294 e. The summed E-state index contributed by atoms with van der Waals surface area (Å²) < 4.78 is 37.3. The highest BCUT2D eigenvalue weighted by molar-refractivity contribution is 7.85. The number of hydrogen-bond donors (Lipinski definition) is 2. The Kier molecular flexibility index (Phi) is 8.80. The molecule has 28 heavy (non-hydrogen) atoms. The number of ether oxygens (including phenoxy) is 1. The van der Waals surface area contributed by atoms with Crippen LogP contribution in [-0.2, 0) is 16.5 Å². The molecule has 0 saturated carbocycles. The van der Waals surface area contributed by atoms with E-state index >= 15 is 0 Å². The Morgan fingerprint density at radius 1 is 0.857 bits per heavy atom. The molecular weight excluding hydrogens is 376 g/mol. The Labute approximate surface area is 168 Å². The number of aromatic hydroxyl groups is 1. The number of aryl methyl sites for hydroxylation is 1. The van der Waals surface area contributed by atoms with E-state index in [2.05, 4.69) is 6.92 Å². The SMILES string of the molecule is CCCCCCCCCCc1cc(Oc2cccc(S(=O)(=O)O)c2)ccc1O. The fourth-order valence-corrected chi connectivity index (χ4v) is 3.62. The third kappa shape index (κ3) is 7.52. The molecule has 0 atom stereocenters. The standard InChI is InChI=1S/C22H30O5S/c1-2-3-4-5-6-7-8-9-11-18-16-20(14-15-22(18)23)27-19-12-10-13-21(17-19)28(24,25)26/h10,12-17,23H,2-9,11H2,1H3,(H,24,25,26). The average Bonchev–Trinajstić information content (AvgIpc) is 2.66. The lowest BCUT2D eigenvalue weighted by Crippen LogP contribution is -1.98. The molecular formula is C22H30O5S. The van der Waals surface area contributed by atoms with Crippen molar-refractivity contribution in [3.05, 3.63) is 48.0 Å². The number of rotatable bonds is 12. The molecule has 0 unspecified atom stereocenters. The second-order valence-electron chi connectivity index (χ2n) is 7.07. The van der Waals surface area contributed by atoms with Crippen molar-refractivity contribution in [3.8, 4) is 17.2 Å². The van der Waals surface area contributed by atoms with Crippen LogP contribution in [0.3, 0.4) is 0 Å². The van der Waals surface area contributed by atoms with E-state index in [4.69, 9.17) is 9.29 Å². The highest BCUT2D eigenvalue weighted by atomic mass is 32.2. The third-order valence-electron chi connectivity index (χ3n) is 4.69. The molecule has 0 saturated heterocycles. The van der Waals surface area contributed by atoms with Gasteiger partial charge in [-0.3, -0.25) is 4.55 Å². The minimum absolute atomic E-state index is 0.220. The quantitative estimate of drug-likeness (QED) is 0.328. The molecule has 0 aliphatic carbocycles. The summed E-state index contributed by atoms with van der Waals surface area (Å²) in [4.78, 5) is -0.220. The topological polar surface area (TPSA) is 83.8 Å². The molecule has 0 amide bonds. The first kappa shape index (κ1) is 22.2. The van der Waals surface area contributed by atoms with Crippen molar-refractivity contribution in [2.45, 2.75) is 69.6 Å². The van der Waals surface area contributed by atoms with Crippen LogP contribution < -0.4 is 4.74 Å². The van der Waals surface area contributed by atoms with E-state index in [0.717, 1.165) is 24.8 Å². The first-order valence-electron chi connectivity index (χ1n) is 9.97. The van der Waals surface area contributed by atoms with Crippen LogP contribution in [0.25, 0.3) is 0 Å². The van der Waals surface area contributed by atoms with Crippen molar-refractivity contribution < 1.29 is 22.8 Å². The van der Waals surface area contributed by atoms with Crippen LogP contribution in [0, 0.1) is 0 Å². The van der Waals surface area contributed by atoms with Crippen LogP contribution in [0.15, 0.2) is 47.4 Å². The van der Waals surface area contributed by atoms with Gasteiger partial charge in [0.15, 0.2) is 0 Å². The normalized spacial score (nSPS) is 11.5. The van der Waals surface area contributed by atoms with Crippen molar-refractivity contribution >= 4 is 10.1 Å². The van der Waals surface area contributed by atoms with Crippen LogP contribution in [0.4, 0.5) is 0 Å². The highest BCUT2D eigenvalue weighted by Gasteiger charge is 2.11. The molecule has 0 heterocycles. The zero-order chi connectivity index (χ0) is 20.4. The van der Waals surface area contributed by atoms with E-state index < -0.39 is 10.1 Å². The summed E-state index contributed by atoms with van der Waals surface area (Å²) in [7, 11) is -4.28. The molecule has 0 aliphatic heterocycles. The van der Waals surface area contributed by atoms with Gasteiger partial charge in [0.25, 0.3) is 10.1 Å². The molecule has 2 rings (SSSR count). The van der Waals surface area contributed by atoms with Gasteiger partial charge in [0, 0.05) is 6.07 Å². The van der Waals surface area contributed by atoms with Crippen LogP contribution in [-0.4, -0.2) is 18.1 Å². The summed E-state index contributed by atoms with van der Waals surface area (Å²) in [6.45, 7) is 2.22. The van der Waals surface area contributed by atoms with Gasteiger partial charge in [-0.05, 0) is 48.7 Å². The number of hydrogen-bond acceptors (Lipinski definition) is 4. The summed E-state index contributed by atoms with van der Waals surface area (Å²) in [5, 5.41) is 10.1. The van der Waals surface area contributed by atoms with Gasteiger partial charge in [-0.1, -0.05) is 57.9 Å². The Bertz CT molecular complexity index is 846. The van der Waals surface area contributed by atoms with Crippen molar-refractivity contribution in [2.24, 2.45) is 0 Å². The predicted molar refractivity (Wildman–Crippen MR) is 111 cm³/mol. The van der Waals surface area contributed by atoms with Crippen molar-refractivity contribution in [3.63, 3.8) is 0 Å². The first-order valence-corrected chi connectivity index (χ1v) is 11.4. The van der Waals surface area contributed by atoms with Gasteiger partial charge < -0.3 is 9.84 Å². The molecule has 2 aromatic rings. The smallest absolute Gasteiger partial charge is 0.294 e. The molecule has 2 N–H and O–H groups in total. The number of phenols is 1. The maximum atomic E-state index is 11.2. The van der Waals surface area contributed by atoms with E-state index in [1.807, 2.05) is 0 Å². The molecule has 0 aliphatic rings. The lowest BCUT2D eigenvalue weighted by atomic mass is 10.0. The van der Waals surface area contributed by atoms with E-state index in [1.54, 1.807) is 24.3 Å². The van der Waals surface area contributed by atoms with Crippen LogP contribution in [0.1, 0.15) is 63.9 Å². The second-order valence-corrected chi connectivity index (χ2v) is 8.49. The van der Waals surface area contributed by atoms with Crippen LogP contribution >= 0.6 is 0 Å². The minimum Gasteiger partial charge on any atom is -0.508 e. The lowest BCUT2D eigenvalue weighted by Gasteiger charge is -2.10. The van der Waals surface area contributed by atoms with E-state index in [-0.39, 0.29) is 10.6 Å². The van der Waals surface area contributed by atoms with Crippen molar-refractivity contribution in [2.75, 3.05) is 0 Å². The van der Waals surface area contributed by atoms with Crippen LogP contribution in [0.2, 0.25) is 0 Å². The van der Waals surface area contributed by atoms with E-state index in [1.165, 1.54) is 56.7 Å². The van der Waals surface area contributed by atoms with E-state index in [9.17, 15) is 13.5 Å². The van der Waals surface area contributed by atoms with Gasteiger partial charge in [-0.15, -0.1) is 0 Å². The molecule has 0 spiro atoms. The Morgan fingerprint density at radius 3 is 2.18 bits per heavy atom. The van der Waals surface area contributed by atoms with Crippen molar-refractivity contribution in [1.29, 1.82) is 0 Å². The van der Waals surface area contributed by atoms with Gasteiger partial charge in [0.05, 0.1) is 4.90 Å². The fourth-order valence-electron chi connectivity index (χ4n) is 3.11. The summed E-state index contributed by atoms with van der Waals surface area (Å²) in [5.41, 5.74) is 0.814. The molecule has 154 valence electrons. The fraction of sp³-hybridized carbons (Fsp3) is 0.455. The lowest BCUT2D eigenvalue weighted by molar-refractivity contribution is 0.454. The number of phenolic OH excluding ortho intramolecular Hbond substituents is 1. The molecule has 2 aromatic carbocycles. The Balaban J connectivity index is 1.89. The second kappa shape index (κ2) is 11.1. The summed E-state index contributed by atoms with van der Waals surface area (Å²) in [5.74, 6) is 1.06. The number of benzene rings is 2. The molecule has 5 nitrogen and oxygen atoms in total. The van der Waals surface area contributed by atoms with Gasteiger partial charge in [-0.2, -0.15) is 8.42 Å². The molecule has 0 fully saturated rings. The summed E-state index contributed by atoms with van der Waals surface area (Å²) >= 11 is 0. The summed E-state index contributed by atoms with van der Waals surface area (Å²) in [6.07, 6.45) is 10.6. The highest BCUT2D eigenvalue weighted by Crippen LogP contribution is 2.29. The van der Waals surface area contributed by atoms with E-state index in [0.29, 0.717) is 11.5 Å². The minimum atomic E-state index is -4.28. The Hall–Kier alpha value is -2.05. The van der Waals surface area contributed by atoms with Gasteiger partial charge >= 0.3 is 0 Å². The van der Waals surface area contributed by atoms with Crippen LogP contribution in [0.5, 0.6) is 17.2 Å². The number of unbranched alkanes of at least 4 members (excludes halogenated alkanes) is 7. The first-order chi connectivity index (χ1) is 13.4. The summed E-state index contributed by atoms with van der Waals surface area (Å²) in [6, 6.07) is 10.7. The van der Waals surface area contributed by atoms with Crippen molar-refractivity contribution in [1.82, 2.24) is 0 Å². The Morgan fingerprint density at radius 2 is 1.50 bits per heavy atom. The zero-order valence-corrected chi connectivity index (χ0v) is 17.2. The monoisotopic (exact) mass is 406 g/mol.